The standard InChI is InChI=1S/C10H12O3/c1-10-6-4-2-3-5(6)9(13-10)11-7(3)8(4)12-10/h3-9H,2H2,1H3. The molecule has 8 unspecified atom stereocenters. The minimum atomic E-state index is -0.287. The fourth-order valence-electron chi connectivity index (χ4n) is 4.83. The first-order valence-corrected chi connectivity index (χ1v) is 5.29. The average Bonchev–Trinajstić information content (AvgIpc) is 2.66. The van der Waals surface area contributed by atoms with Crippen molar-refractivity contribution in [3.05, 3.63) is 0 Å². The fourth-order valence-corrected chi connectivity index (χ4v) is 4.83. The van der Waals surface area contributed by atoms with Crippen molar-refractivity contribution in [2.75, 3.05) is 0 Å². The third-order valence-electron chi connectivity index (χ3n) is 5.01. The molecule has 3 nitrogen and oxygen atoms in total. The number of hydrogen-bond donors (Lipinski definition) is 0. The smallest absolute Gasteiger partial charge is 0.172 e. The molecular weight excluding hydrogens is 168 g/mol. The zero-order valence-corrected chi connectivity index (χ0v) is 7.47. The van der Waals surface area contributed by atoms with Gasteiger partial charge < -0.3 is 14.2 Å². The summed E-state index contributed by atoms with van der Waals surface area (Å²) in [7, 11) is 0. The first-order chi connectivity index (χ1) is 6.28. The highest BCUT2D eigenvalue weighted by molar-refractivity contribution is 5.21. The highest BCUT2D eigenvalue weighted by Crippen LogP contribution is 2.72. The van der Waals surface area contributed by atoms with Gasteiger partial charge in [0.25, 0.3) is 0 Å². The Labute approximate surface area is 76.3 Å². The fraction of sp³-hybridized carbons (Fsp3) is 1.00. The second-order valence-corrected chi connectivity index (χ2v) is 5.35. The summed E-state index contributed by atoms with van der Waals surface area (Å²) in [5.41, 5.74) is 0. The topological polar surface area (TPSA) is 27.7 Å². The van der Waals surface area contributed by atoms with E-state index in [1.54, 1.807) is 0 Å². The molecule has 2 saturated carbocycles. The van der Waals surface area contributed by atoms with Crippen molar-refractivity contribution in [1.82, 2.24) is 0 Å². The minimum absolute atomic E-state index is 0.0718. The van der Waals surface area contributed by atoms with Gasteiger partial charge in [0.15, 0.2) is 12.1 Å². The zero-order valence-electron chi connectivity index (χ0n) is 7.47. The van der Waals surface area contributed by atoms with Crippen LogP contribution in [0.15, 0.2) is 0 Å². The zero-order chi connectivity index (χ0) is 8.37. The van der Waals surface area contributed by atoms with Crippen LogP contribution >= 0.6 is 0 Å². The maximum absolute atomic E-state index is 6.02. The van der Waals surface area contributed by atoms with Crippen LogP contribution in [0.1, 0.15) is 13.3 Å². The molecule has 2 aliphatic carbocycles. The van der Waals surface area contributed by atoms with Gasteiger partial charge in [-0.15, -0.1) is 0 Å². The molecule has 5 rings (SSSR count). The molecule has 0 aromatic heterocycles. The van der Waals surface area contributed by atoms with Crippen molar-refractivity contribution in [2.45, 2.75) is 37.6 Å². The van der Waals surface area contributed by atoms with Gasteiger partial charge in [0.2, 0.25) is 0 Å². The van der Waals surface area contributed by atoms with Crippen LogP contribution in [0.4, 0.5) is 0 Å². The van der Waals surface area contributed by atoms with Gasteiger partial charge in [-0.1, -0.05) is 0 Å². The van der Waals surface area contributed by atoms with E-state index in [0.717, 1.165) is 11.8 Å². The Morgan fingerprint density at radius 1 is 1.15 bits per heavy atom. The highest BCUT2D eigenvalue weighted by Gasteiger charge is 2.79. The molecule has 3 aliphatic heterocycles. The number of rotatable bonds is 0. The summed E-state index contributed by atoms with van der Waals surface area (Å²) in [6.07, 6.45) is 2.15. The second kappa shape index (κ2) is 1.47. The van der Waals surface area contributed by atoms with Crippen LogP contribution in [0.2, 0.25) is 0 Å². The Hall–Kier alpha value is -0.120. The van der Waals surface area contributed by atoms with Crippen LogP contribution in [0.3, 0.4) is 0 Å². The monoisotopic (exact) mass is 180 g/mol. The number of ether oxygens (including phenoxy) is 3. The summed E-state index contributed by atoms with van der Waals surface area (Å²) in [5.74, 6) is 2.53. The van der Waals surface area contributed by atoms with Crippen molar-refractivity contribution >= 4 is 0 Å². The van der Waals surface area contributed by atoms with Gasteiger partial charge in [-0.3, -0.25) is 0 Å². The second-order valence-electron chi connectivity index (χ2n) is 5.35. The van der Waals surface area contributed by atoms with E-state index in [-0.39, 0.29) is 12.1 Å². The molecule has 3 heterocycles. The van der Waals surface area contributed by atoms with Gasteiger partial charge in [-0.2, -0.15) is 0 Å². The molecule has 3 saturated heterocycles. The minimum Gasteiger partial charge on any atom is -0.346 e. The summed E-state index contributed by atoms with van der Waals surface area (Å²) in [6, 6.07) is 0. The van der Waals surface area contributed by atoms with Gasteiger partial charge in [0, 0.05) is 11.8 Å². The Bertz CT molecular complexity index is 317. The van der Waals surface area contributed by atoms with Gasteiger partial charge >= 0.3 is 0 Å². The summed E-state index contributed by atoms with van der Waals surface area (Å²) in [6.45, 7) is 2.11. The maximum atomic E-state index is 6.02. The van der Waals surface area contributed by atoms with Gasteiger partial charge in [0.05, 0.1) is 12.2 Å². The van der Waals surface area contributed by atoms with E-state index in [1.807, 2.05) is 0 Å². The summed E-state index contributed by atoms with van der Waals surface area (Å²) in [5, 5.41) is 0. The Balaban J connectivity index is 1.86. The van der Waals surface area contributed by atoms with Crippen LogP contribution in [0, 0.1) is 23.7 Å². The third-order valence-corrected chi connectivity index (χ3v) is 5.01. The molecule has 0 radical (unpaired) electrons. The lowest BCUT2D eigenvalue weighted by molar-refractivity contribution is -0.227. The molecule has 0 aromatic carbocycles. The van der Waals surface area contributed by atoms with Crippen molar-refractivity contribution in [3.63, 3.8) is 0 Å². The lowest BCUT2D eigenvalue weighted by Gasteiger charge is -2.22. The normalized spacial score (nSPS) is 80.5. The molecule has 5 fully saturated rings. The molecule has 3 heteroatoms. The molecule has 13 heavy (non-hydrogen) atoms. The summed E-state index contributed by atoms with van der Waals surface area (Å²) < 4.78 is 17.8. The van der Waals surface area contributed by atoms with E-state index >= 15 is 0 Å². The quantitative estimate of drug-likeness (QED) is 0.550. The summed E-state index contributed by atoms with van der Waals surface area (Å²) in [4.78, 5) is 0. The van der Waals surface area contributed by atoms with E-state index in [0.29, 0.717) is 24.0 Å². The third kappa shape index (κ3) is 0.431. The van der Waals surface area contributed by atoms with Gasteiger partial charge in [-0.25, -0.2) is 0 Å². The van der Waals surface area contributed by atoms with Crippen molar-refractivity contribution in [1.29, 1.82) is 0 Å². The Kier molecular flexibility index (Phi) is 0.724. The first kappa shape index (κ1) is 6.38. The van der Waals surface area contributed by atoms with Crippen LogP contribution in [0.5, 0.6) is 0 Å². The van der Waals surface area contributed by atoms with Gasteiger partial charge in [-0.05, 0) is 25.2 Å². The van der Waals surface area contributed by atoms with E-state index in [1.165, 1.54) is 6.42 Å². The van der Waals surface area contributed by atoms with Gasteiger partial charge in [0.1, 0.15) is 0 Å². The molecule has 70 valence electrons. The number of fused-ring (bicyclic) bond motifs is 1. The van der Waals surface area contributed by atoms with Crippen LogP contribution in [-0.2, 0) is 14.2 Å². The maximum Gasteiger partial charge on any atom is 0.172 e. The van der Waals surface area contributed by atoms with Crippen LogP contribution < -0.4 is 0 Å². The van der Waals surface area contributed by atoms with Crippen molar-refractivity contribution in [3.8, 4) is 0 Å². The molecule has 0 amide bonds. The highest BCUT2D eigenvalue weighted by atomic mass is 16.8. The molecule has 0 spiro atoms. The molecule has 0 aromatic rings. The lowest BCUT2D eigenvalue weighted by atomic mass is 9.79. The Morgan fingerprint density at radius 3 is 3.00 bits per heavy atom. The Morgan fingerprint density at radius 2 is 2.08 bits per heavy atom. The van der Waals surface area contributed by atoms with E-state index in [9.17, 15) is 0 Å². The van der Waals surface area contributed by atoms with E-state index in [4.69, 9.17) is 14.2 Å². The molecule has 0 N–H and O–H groups in total. The lowest BCUT2D eigenvalue weighted by Crippen LogP contribution is -2.31. The first-order valence-electron chi connectivity index (χ1n) is 5.29. The molecule has 5 aliphatic rings. The SMILES string of the molecule is CC12OC3OC4C5CC(C4O1)C2C35. The predicted molar refractivity (Wildman–Crippen MR) is 41.6 cm³/mol. The molecule has 2 bridgehead atoms. The largest absolute Gasteiger partial charge is 0.346 e. The molecular formula is C10H12O3. The van der Waals surface area contributed by atoms with E-state index < -0.39 is 0 Å². The van der Waals surface area contributed by atoms with Crippen LogP contribution in [-0.4, -0.2) is 24.3 Å². The predicted octanol–water partition coefficient (Wildman–Crippen LogP) is 0.739. The van der Waals surface area contributed by atoms with E-state index in [2.05, 4.69) is 6.92 Å². The van der Waals surface area contributed by atoms with Crippen LogP contribution in [0.25, 0.3) is 0 Å². The molecule has 8 atom stereocenters. The summed E-state index contributed by atoms with van der Waals surface area (Å²) >= 11 is 0. The van der Waals surface area contributed by atoms with Crippen molar-refractivity contribution < 1.29 is 14.2 Å². The van der Waals surface area contributed by atoms with Crippen molar-refractivity contribution in [2.24, 2.45) is 23.7 Å². The number of hydrogen-bond acceptors (Lipinski definition) is 3. The average molecular weight is 180 g/mol.